The molecule has 1 aromatic carbocycles. The largest absolute Gasteiger partial charge is 0.465 e. The Labute approximate surface area is 120 Å². The first-order chi connectivity index (χ1) is 9.76. The van der Waals surface area contributed by atoms with E-state index in [0.29, 0.717) is 0 Å². The summed E-state index contributed by atoms with van der Waals surface area (Å²) >= 11 is 0. The van der Waals surface area contributed by atoms with E-state index >= 15 is 0 Å². The quantitative estimate of drug-likeness (QED) is 0.908. The van der Waals surface area contributed by atoms with E-state index in [1.54, 1.807) is 0 Å². The maximum absolute atomic E-state index is 13.1. The zero-order valence-electron chi connectivity index (χ0n) is 11.3. The number of aliphatic hydroxyl groups excluding tert-OH is 1. The molecular formula is C13H13F2NO4S. The molecule has 0 aliphatic carbocycles. The van der Waals surface area contributed by atoms with Crippen LogP contribution in [0.25, 0.3) is 0 Å². The number of benzene rings is 1. The lowest BCUT2D eigenvalue weighted by molar-refractivity contribution is 0.276. The van der Waals surface area contributed by atoms with Crippen LogP contribution in [0.2, 0.25) is 0 Å². The van der Waals surface area contributed by atoms with E-state index in [0.717, 1.165) is 18.2 Å². The van der Waals surface area contributed by atoms with Crippen molar-refractivity contribution in [2.45, 2.75) is 25.3 Å². The van der Waals surface area contributed by atoms with Crippen LogP contribution in [0.4, 0.5) is 14.5 Å². The van der Waals surface area contributed by atoms with E-state index in [-0.39, 0.29) is 27.7 Å². The van der Waals surface area contributed by atoms with Crippen molar-refractivity contribution in [1.82, 2.24) is 0 Å². The molecule has 1 heterocycles. The third-order valence-electron chi connectivity index (χ3n) is 2.92. The van der Waals surface area contributed by atoms with Gasteiger partial charge in [0.05, 0.1) is 12.3 Å². The second-order valence-corrected chi connectivity index (χ2v) is 6.03. The normalized spacial score (nSPS) is 11.7. The van der Waals surface area contributed by atoms with Crippen LogP contribution in [0.15, 0.2) is 27.5 Å². The average molecular weight is 317 g/mol. The zero-order chi connectivity index (χ0) is 15.8. The molecule has 0 amide bonds. The molecule has 0 atom stereocenters. The van der Waals surface area contributed by atoms with Crippen LogP contribution in [0.1, 0.15) is 17.1 Å². The van der Waals surface area contributed by atoms with Crippen LogP contribution >= 0.6 is 0 Å². The second kappa shape index (κ2) is 5.45. The van der Waals surface area contributed by atoms with Crippen LogP contribution in [0.3, 0.4) is 0 Å². The summed E-state index contributed by atoms with van der Waals surface area (Å²) in [5, 5.41) is 9.26. The molecule has 2 rings (SSSR count). The molecule has 0 spiro atoms. The van der Waals surface area contributed by atoms with Crippen molar-refractivity contribution in [2.75, 3.05) is 4.72 Å². The molecule has 1 aromatic heterocycles. The summed E-state index contributed by atoms with van der Waals surface area (Å²) in [6, 6.07) is 2.64. The molecule has 0 saturated carbocycles. The lowest BCUT2D eigenvalue weighted by atomic mass is 10.2. The van der Waals surface area contributed by atoms with Gasteiger partial charge in [-0.25, -0.2) is 17.2 Å². The average Bonchev–Trinajstić information content (AvgIpc) is 2.68. The van der Waals surface area contributed by atoms with Gasteiger partial charge in [-0.3, -0.25) is 4.72 Å². The van der Waals surface area contributed by atoms with E-state index in [1.165, 1.54) is 13.8 Å². The number of nitrogens with one attached hydrogen (secondary N) is 1. The highest BCUT2D eigenvalue weighted by Crippen LogP contribution is 2.28. The first-order valence-corrected chi connectivity index (χ1v) is 7.42. The van der Waals surface area contributed by atoms with Crippen molar-refractivity contribution >= 4 is 15.7 Å². The predicted molar refractivity (Wildman–Crippen MR) is 71.3 cm³/mol. The molecular weight excluding hydrogens is 304 g/mol. The monoisotopic (exact) mass is 317 g/mol. The molecule has 0 saturated heterocycles. The fraction of sp³-hybridized carbons (Fsp3) is 0.231. The minimum Gasteiger partial charge on any atom is -0.465 e. The summed E-state index contributed by atoms with van der Waals surface area (Å²) < 4.78 is 57.9. The Hall–Kier alpha value is -1.93. The van der Waals surface area contributed by atoms with Crippen LogP contribution in [0.5, 0.6) is 0 Å². The summed E-state index contributed by atoms with van der Waals surface area (Å²) in [6.07, 6.45) is 0. The molecule has 8 heteroatoms. The summed E-state index contributed by atoms with van der Waals surface area (Å²) in [5.41, 5.74) is -0.00127. The molecule has 0 fully saturated rings. The Kier molecular flexibility index (Phi) is 4.02. The van der Waals surface area contributed by atoms with Crippen molar-refractivity contribution in [3.63, 3.8) is 0 Å². The Morgan fingerprint density at radius 3 is 2.43 bits per heavy atom. The SMILES string of the molecule is Cc1oc(C)c(S(=O)(=O)Nc2ccc(F)c(F)c2)c1CO. The molecule has 0 radical (unpaired) electrons. The molecule has 5 nitrogen and oxygen atoms in total. The number of rotatable bonds is 4. The lowest BCUT2D eigenvalue weighted by Crippen LogP contribution is -2.15. The molecule has 2 N–H and O–H groups in total. The van der Waals surface area contributed by atoms with Crippen molar-refractivity contribution in [3.8, 4) is 0 Å². The number of aliphatic hydroxyl groups is 1. The maximum Gasteiger partial charge on any atom is 0.265 e. The minimum atomic E-state index is -4.09. The van der Waals surface area contributed by atoms with Crippen LogP contribution in [0, 0.1) is 25.5 Å². The zero-order valence-corrected chi connectivity index (χ0v) is 12.1. The van der Waals surface area contributed by atoms with Gasteiger partial charge in [-0.1, -0.05) is 0 Å². The van der Waals surface area contributed by atoms with E-state index in [9.17, 15) is 22.3 Å². The fourth-order valence-corrected chi connectivity index (χ4v) is 3.50. The van der Waals surface area contributed by atoms with Crippen molar-refractivity contribution in [2.24, 2.45) is 0 Å². The highest BCUT2D eigenvalue weighted by Gasteiger charge is 2.26. The highest BCUT2D eigenvalue weighted by molar-refractivity contribution is 7.92. The van der Waals surface area contributed by atoms with Gasteiger partial charge < -0.3 is 9.52 Å². The Morgan fingerprint density at radius 2 is 1.86 bits per heavy atom. The molecule has 114 valence electrons. The van der Waals surface area contributed by atoms with Gasteiger partial charge in [-0.05, 0) is 26.0 Å². The number of sulfonamides is 1. The Bertz CT molecular complexity index is 784. The smallest absolute Gasteiger partial charge is 0.265 e. The van der Waals surface area contributed by atoms with Gasteiger partial charge in [0.1, 0.15) is 16.4 Å². The Balaban J connectivity index is 2.45. The van der Waals surface area contributed by atoms with Gasteiger partial charge in [0, 0.05) is 11.6 Å². The van der Waals surface area contributed by atoms with Crippen LogP contribution < -0.4 is 4.72 Å². The van der Waals surface area contributed by atoms with Crippen molar-refractivity contribution < 1.29 is 26.7 Å². The van der Waals surface area contributed by atoms with Crippen LogP contribution in [-0.4, -0.2) is 13.5 Å². The molecule has 0 unspecified atom stereocenters. The standard InChI is InChI=1S/C13H13F2NO4S/c1-7-10(6-17)13(8(2)20-7)21(18,19)16-9-3-4-11(14)12(15)5-9/h3-5,16-17H,6H2,1-2H3. The fourth-order valence-electron chi connectivity index (χ4n) is 2.01. The number of furan rings is 1. The molecule has 0 aliphatic rings. The summed E-state index contributed by atoms with van der Waals surface area (Å²) in [6.45, 7) is 2.44. The van der Waals surface area contributed by atoms with Gasteiger partial charge in [0.25, 0.3) is 10.0 Å². The molecule has 0 bridgehead atoms. The minimum absolute atomic E-state index is 0.103. The molecule has 2 aromatic rings. The molecule has 0 aliphatic heterocycles. The lowest BCUT2D eigenvalue weighted by Gasteiger charge is -2.09. The first-order valence-electron chi connectivity index (χ1n) is 5.94. The van der Waals surface area contributed by atoms with E-state index in [1.807, 2.05) is 0 Å². The van der Waals surface area contributed by atoms with Gasteiger partial charge in [0.15, 0.2) is 11.6 Å². The number of anilines is 1. The maximum atomic E-state index is 13.1. The van der Waals surface area contributed by atoms with E-state index in [2.05, 4.69) is 4.72 Å². The Morgan fingerprint density at radius 1 is 1.19 bits per heavy atom. The van der Waals surface area contributed by atoms with Gasteiger partial charge in [0.2, 0.25) is 0 Å². The summed E-state index contributed by atoms with van der Waals surface area (Å²) in [4.78, 5) is -0.202. The summed E-state index contributed by atoms with van der Waals surface area (Å²) in [7, 11) is -4.09. The van der Waals surface area contributed by atoms with E-state index < -0.39 is 28.3 Å². The first kappa shape index (κ1) is 15.5. The number of aryl methyl sites for hydroxylation is 2. The number of hydrogen-bond donors (Lipinski definition) is 2. The van der Waals surface area contributed by atoms with Gasteiger partial charge in [-0.15, -0.1) is 0 Å². The van der Waals surface area contributed by atoms with Crippen molar-refractivity contribution in [1.29, 1.82) is 0 Å². The van der Waals surface area contributed by atoms with E-state index in [4.69, 9.17) is 4.42 Å². The van der Waals surface area contributed by atoms with Gasteiger partial charge in [-0.2, -0.15) is 0 Å². The van der Waals surface area contributed by atoms with Crippen LogP contribution in [-0.2, 0) is 16.6 Å². The number of hydrogen-bond acceptors (Lipinski definition) is 4. The molecule has 21 heavy (non-hydrogen) atoms. The second-order valence-electron chi connectivity index (χ2n) is 4.41. The summed E-state index contributed by atoms with van der Waals surface area (Å²) in [5.74, 6) is -1.87. The third-order valence-corrected chi connectivity index (χ3v) is 4.50. The number of halogens is 2. The topological polar surface area (TPSA) is 79.5 Å². The van der Waals surface area contributed by atoms with Crippen molar-refractivity contribution in [3.05, 3.63) is 46.9 Å². The van der Waals surface area contributed by atoms with Gasteiger partial charge >= 0.3 is 0 Å². The third kappa shape index (κ3) is 2.91. The predicted octanol–water partition coefficient (Wildman–Crippen LogP) is 2.47. The highest BCUT2D eigenvalue weighted by atomic mass is 32.2.